The van der Waals surface area contributed by atoms with Gasteiger partial charge in [0.25, 0.3) is 5.91 Å². The molecule has 9 nitrogen and oxygen atoms in total. The lowest BCUT2D eigenvalue weighted by molar-refractivity contribution is -0.128. The maximum atomic E-state index is 12.7. The van der Waals surface area contributed by atoms with Crippen LogP contribution in [-0.2, 0) is 22.6 Å². The van der Waals surface area contributed by atoms with E-state index in [1.165, 1.54) is 14.2 Å². The van der Waals surface area contributed by atoms with Crippen LogP contribution < -0.4 is 20.1 Å². The minimum atomic E-state index is -0.773. The van der Waals surface area contributed by atoms with Gasteiger partial charge in [-0.3, -0.25) is 14.5 Å². The van der Waals surface area contributed by atoms with Gasteiger partial charge in [-0.25, -0.2) is 4.79 Å². The van der Waals surface area contributed by atoms with Gasteiger partial charge in [-0.2, -0.15) is 0 Å². The molecular weight excluding hydrogens is 426 g/mol. The summed E-state index contributed by atoms with van der Waals surface area (Å²) in [6.07, 6.45) is 0.718. The van der Waals surface area contributed by atoms with Crippen LogP contribution in [0.4, 0.5) is 4.79 Å². The summed E-state index contributed by atoms with van der Waals surface area (Å²) in [5.41, 5.74) is 1.71. The molecule has 0 radical (unpaired) electrons. The third-order valence-electron chi connectivity index (χ3n) is 5.47. The quantitative estimate of drug-likeness (QED) is 0.444. The largest absolute Gasteiger partial charge is 0.493 e. The Balaban J connectivity index is 1.52. The summed E-state index contributed by atoms with van der Waals surface area (Å²) >= 11 is 0. The maximum absolute atomic E-state index is 12.7. The van der Waals surface area contributed by atoms with Gasteiger partial charge in [-0.1, -0.05) is 36.4 Å². The van der Waals surface area contributed by atoms with E-state index in [1.807, 2.05) is 30.3 Å². The maximum Gasteiger partial charge on any atom is 0.325 e. The van der Waals surface area contributed by atoms with Crippen LogP contribution in [0.5, 0.6) is 11.5 Å². The number of ether oxygens (including phenoxy) is 2. The molecule has 0 aromatic heterocycles. The van der Waals surface area contributed by atoms with Gasteiger partial charge < -0.3 is 25.2 Å². The second-order valence-electron chi connectivity index (χ2n) is 7.79. The van der Waals surface area contributed by atoms with Crippen LogP contribution in [0.3, 0.4) is 0 Å². The summed E-state index contributed by atoms with van der Waals surface area (Å²) < 4.78 is 10.5. The average molecular weight is 456 g/mol. The van der Waals surface area contributed by atoms with Crippen molar-refractivity contribution >= 4 is 17.8 Å². The highest BCUT2D eigenvalue weighted by atomic mass is 16.5. The van der Waals surface area contributed by atoms with Crippen molar-refractivity contribution in [1.82, 2.24) is 15.5 Å². The number of aliphatic hydroxyl groups excluding tert-OH is 1. The molecule has 0 bridgehead atoms. The van der Waals surface area contributed by atoms with E-state index in [0.717, 1.165) is 10.5 Å². The molecule has 3 N–H and O–H groups in total. The van der Waals surface area contributed by atoms with Gasteiger partial charge in [0.15, 0.2) is 11.5 Å². The smallest absolute Gasteiger partial charge is 0.325 e. The number of methoxy groups -OCH3 is 2. The predicted octanol–water partition coefficient (Wildman–Crippen LogP) is 1.62. The summed E-state index contributed by atoms with van der Waals surface area (Å²) in [4.78, 5) is 38.6. The van der Waals surface area contributed by atoms with Gasteiger partial charge in [-0.05, 0) is 36.1 Å². The topological polar surface area (TPSA) is 117 Å². The summed E-state index contributed by atoms with van der Waals surface area (Å²) in [7, 11) is 3.04. The fourth-order valence-electron chi connectivity index (χ4n) is 3.72. The van der Waals surface area contributed by atoms with E-state index in [4.69, 9.17) is 9.47 Å². The number of rotatable bonds is 11. The minimum Gasteiger partial charge on any atom is -0.493 e. The van der Waals surface area contributed by atoms with Crippen molar-refractivity contribution in [1.29, 1.82) is 0 Å². The number of urea groups is 1. The molecule has 33 heavy (non-hydrogen) atoms. The van der Waals surface area contributed by atoms with Crippen LogP contribution in [0.2, 0.25) is 0 Å². The molecule has 0 spiro atoms. The number of aliphatic hydroxyl groups is 1. The number of carbonyl (C=O) groups is 3. The number of nitrogens with one attached hydrogen (secondary N) is 2. The Labute approximate surface area is 192 Å². The zero-order valence-corrected chi connectivity index (χ0v) is 18.7. The average Bonchev–Trinajstić information content (AvgIpc) is 3.10. The molecule has 9 heteroatoms. The molecule has 0 saturated carbocycles. The van der Waals surface area contributed by atoms with Crippen LogP contribution >= 0.6 is 0 Å². The lowest BCUT2D eigenvalue weighted by Gasteiger charge is -2.17. The number of nitrogens with zero attached hydrogens (tertiary/aromatic N) is 1. The predicted molar refractivity (Wildman–Crippen MR) is 121 cm³/mol. The fourth-order valence-corrected chi connectivity index (χ4v) is 3.72. The van der Waals surface area contributed by atoms with Gasteiger partial charge >= 0.3 is 6.03 Å². The summed E-state index contributed by atoms with van der Waals surface area (Å²) in [5, 5.41) is 15.0. The van der Waals surface area contributed by atoms with Crippen molar-refractivity contribution in [3.05, 3.63) is 59.7 Å². The second kappa shape index (κ2) is 11.3. The summed E-state index contributed by atoms with van der Waals surface area (Å²) in [6, 6.07) is 13.0. The second-order valence-corrected chi connectivity index (χ2v) is 7.79. The number of amides is 4. The number of hydrogen-bond acceptors (Lipinski definition) is 6. The van der Waals surface area contributed by atoms with Gasteiger partial charge in [-0.15, -0.1) is 0 Å². The Morgan fingerprint density at radius 2 is 1.82 bits per heavy atom. The van der Waals surface area contributed by atoms with Crippen molar-refractivity contribution in [3.63, 3.8) is 0 Å². The Morgan fingerprint density at radius 1 is 1.09 bits per heavy atom. The van der Waals surface area contributed by atoms with E-state index in [-0.39, 0.29) is 37.8 Å². The van der Waals surface area contributed by atoms with E-state index < -0.39 is 18.1 Å². The van der Waals surface area contributed by atoms with Gasteiger partial charge in [0.1, 0.15) is 6.04 Å². The first-order chi connectivity index (χ1) is 15.9. The molecule has 1 saturated heterocycles. The number of hydrogen-bond donors (Lipinski definition) is 3. The molecule has 2 aromatic rings. The SMILES string of the molecule is COc1ccc(CN2C(=O)NC(CCC(=O)NC(CO)Cc3ccccc3)C2=O)cc1OC. The van der Waals surface area contributed by atoms with Crippen LogP contribution in [0.1, 0.15) is 24.0 Å². The Morgan fingerprint density at radius 3 is 2.48 bits per heavy atom. The lowest BCUT2D eigenvalue weighted by Crippen LogP contribution is -2.40. The molecule has 2 unspecified atom stereocenters. The molecule has 2 atom stereocenters. The van der Waals surface area contributed by atoms with Crippen molar-refractivity contribution in [2.75, 3.05) is 20.8 Å². The molecule has 1 aliphatic heterocycles. The normalized spacial score (nSPS) is 16.3. The van der Waals surface area contributed by atoms with Gasteiger partial charge in [0.05, 0.1) is 33.4 Å². The first-order valence-electron chi connectivity index (χ1n) is 10.7. The molecule has 1 aliphatic rings. The first-order valence-corrected chi connectivity index (χ1v) is 10.7. The number of benzene rings is 2. The third kappa shape index (κ3) is 6.23. The molecule has 176 valence electrons. The Bertz CT molecular complexity index is 981. The highest BCUT2D eigenvalue weighted by molar-refractivity contribution is 6.04. The zero-order valence-electron chi connectivity index (χ0n) is 18.7. The monoisotopic (exact) mass is 455 g/mol. The first kappa shape index (κ1) is 24.1. The molecule has 1 heterocycles. The van der Waals surface area contributed by atoms with Crippen molar-refractivity contribution in [2.24, 2.45) is 0 Å². The molecular formula is C24H29N3O6. The van der Waals surface area contributed by atoms with Crippen LogP contribution in [0.15, 0.2) is 48.5 Å². The Hall–Kier alpha value is -3.59. The van der Waals surface area contributed by atoms with Crippen molar-refractivity contribution in [3.8, 4) is 11.5 Å². The molecule has 2 aromatic carbocycles. The van der Waals surface area contributed by atoms with Crippen LogP contribution in [0.25, 0.3) is 0 Å². The van der Waals surface area contributed by atoms with E-state index >= 15 is 0 Å². The zero-order chi connectivity index (χ0) is 23.8. The summed E-state index contributed by atoms with van der Waals surface area (Å²) in [6.45, 7) is -0.115. The highest BCUT2D eigenvalue weighted by Crippen LogP contribution is 2.28. The van der Waals surface area contributed by atoms with E-state index in [9.17, 15) is 19.5 Å². The highest BCUT2D eigenvalue weighted by Gasteiger charge is 2.38. The van der Waals surface area contributed by atoms with Gasteiger partial charge in [0.2, 0.25) is 5.91 Å². The van der Waals surface area contributed by atoms with Crippen LogP contribution in [-0.4, -0.2) is 60.8 Å². The van der Waals surface area contributed by atoms with Crippen molar-refractivity contribution < 1.29 is 29.0 Å². The lowest BCUT2D eigenvalue weighted by atomic mass is 10.1. The minimum absolute atomic E-state index is 0.0478. The van der Waals surface area contributed by atoms with E-state index in [2.05, 4.69) is 10.6 Å². The third-order valence-corrected chi connectivity index (χ3v) is 5.47. The van der Waals surface area contributed by atoms with Crippen molar-refractivity contribution in [2.45, 2.75) is 37.9 Å². The number of imide groups is 1. The number of carbonyl (C=O) groups excluding carboxylic acids is 3. The summed E-state index contributed by atoms with van der Waals surface area (Å²) in [5.74, 6) is 0.385. The van der Waals surface area contributed by atoms with Gasteiger partial charge in [0, 0.05) is 6.42 Å². The molecule has 3 rings (SSSR count). The van der Waals surface area contributed by atoms with Crippen LogP contribution in [0, 0.1) is 0 Å². The standard InChI is InChI=1S/C24H29N3O6/c1-32-20-10-8-17(13-21(20)33-2)14-27-23(30)19(26-24(27)31)9-11-22(29)25-18(15-28)12-16-6-4-3-5-7-16/h3-8,10,13,18-19,28H,9,11-12,14-15H2,1-2H3,(H,25,29)(H,26,31). The molecule has 0 aliphatic carbocycles. The molecule has 1 fully saturated rings. The van der Waals surface area contributed by atoms with E-state index in [0.29, 0.717) is 23.5 Å². The Kier molecular flexibility index (Phi) is 8.26. The fraction of sp³-hybridized carbons (Fsp3) is 0.375. The molecule has 4 amide bonds. The van der Waals surface area contributed by atoms with E-state index in [1.54, 1.807) is 18.2 Å².